The first-order valence-corrected chi connectivity index (χ1v) is 4.69. The molecule has 0 aliphatic heterocycles. The van der Waals surface area contributed by atoms with Crippen LogP contribution in [0.4, 0.5) is 0 Å². The van der Waals surface area contributed by atoms with E-state index in [1.807, 2.05) is 6.92 Å². The molecule has 0 amide bonds. The Morgan fingerprint density at radius 2 is 2.62 bits per heavy atom. The molecule has 1 rings (SSSR count). The van der Waals surface area contributed by atoms with Crippen LogP contribution in [0, 0.1) is 11.3 Å². The lowest BCUT2D eigenvalue weighted by molar-refractivity contribution is 0.912. The Morgan fingerprint density at radius 3 is 3.23 bits per heavy atom. The average Bonchev–Trinajstić information content (AvgIpc) is 2.04. The zero-order valence-electron chi connectivity index (χ0n) is 7.15. The summed E-state index contributed by atoms with van der Waals surface area (Å²) in [6, 6.07) is 3.42. The number of hydrogen-bond acceptors (Lipinski definition) is 4. The van der Waals surface area contributed by atoms with Crippen molar-refractivity contribution < 1.29 is 0 Å². The molecule has 0 bridgehead atoms. The fraction of sp³-hybridized carbons (Fsp3) is 0.375. The fourth-order valence-electron chi connectivity index (χ4n) is 0.773. The van der Waals surface area contributed by atoms with E-state index in [-0.39, 0.29) is 10.8 Å². The van der Waals surface area contributed by atoms with Crippen LogP contribution in [0.2, 0.25) is 0 Å². The van der Waals surface area contributed by atoms with Gasteiger partial charge in [-0.2, -0.15) is 5.26 Å². The molecule has 0 aliphatic rings. The van der Waals surface area contributed by atoms with Gasteiger partial charge in [0.2, 0.25) is 0 Å². The summed E-state index contributed by atoms with van der Waals surface area (Å²) in [5, 5.41) is 9.13. The highest BCUT2D eigenvalue weighted by Gasteiger charge is 2.04. The number of nitrogens with one attached hydrogen (secondary N) is 1. The van der Waals surface area contributed by atoms with E-state index in [1.54, 1.807) is 0 Å². The van der Waals surface area contributed by atoms with E-state index in [1.165, 1.54) is 24.0 Å². The molecular weight excluding hydrogens is 186 g/mol. The number of nitrogens with zero attached hydrogens (tertiary/aromatic N) is 2. The topological polar surface area (TPSA) is 69.5 Å². The molecule has 0 spiro atoms. The van der Waals surface area contributed by atoms with Gasteiger partial charge in [-0.25, -0.2) is 4.98 Å². The van der Waals surface area contributed by atoms with Gasteiger partial charge in [0.25, 0.3) is 5.56 Å². The Kier molecular flexibility index (Phi) is 3.53. The van der Waals surface area contributed by atoms with Crippen molar-refractivity contribution in [1.29, 1.82) is 5.26 Å². The van der Waals surface area contributed by atoms with Gasteiger partial charge in [0.15, 0.2) is 5.16 Å². The summed E-state index contributed by atoms with van der Waals surface area (Å²) in [7, 11) is 0. The van der Waals surface area contributed by atoms with Gasteiger partial charge >= 0.3 is 0 Å². The van der Waals surface area contributed by atoms with Crippen LogP contribution >= 0.6 is 11.8 Å². The Bertz CT molecular complexity index is 368. The SMILES string of the molecule is CC(CC#N)Sc1nccc(=O)[nH]1. The van der Waals surface area contributed by atoms with Crippen LogP contribution < -0.4 is 5.56 Å². The Morgan fingerprint density at radius 1 is 1.85 bits per heavy atom. The molecule has 0 saturated carbocycles. The van der Waals surface area contributed by atoms with Crippen LogP contribution in [0.5, 0.6) is 0 Å². The zero-order valence-corrected chi connectivity index (χ0v) is 7.97. The van der Waals surface area contributed by atoms with Gasteiger partial charge in [-0.1, -0.05) is 18.7 Å². The van der Waals surface area contributed by atoms with Gasteiger partial charge in [0.1, 0.15) is 0 Å². The van der Waals surface area contributed by atoms with E-state index < -0.39 is 0 Å². The molecule has 1 unspecified atom stereocenters. The Hall–Kier alpha value is -1.28. The quantitative estimate of drug-likeness (QED) is 0.580. The third-order valence-corrected chi connectivity index (χ3v) is 2.34. The molecule has 1 N–H and O–H groups in total. The maximum absolute atomic E-state index is 10.9. The summed E-state index contributed by atoms with van der Waals surface area (Å²) >= 11 is 1.39. The Labute approximate surface area is 80.0 Å². The summed E-state index contributed by atoms with van der Waals surface area (Å²) in [5.74, 6) is 0. The molecule has 1 atom stereocenters. The molecule has 0 radical (unpaired) electrons. The van der Waals surface area contributed by atoms with Crippen molar-refractivity contribution in [3.63, 3.8) is 0 Å². The molecule has 1 aromatic heterocycles. The molecule has 68 valence electrons. The van der Waals surface area contributed by atoms with E-state index >= 15 is 0 Å². The first-order valence-electron chi connectivity index (χ1n) is 3.81. The fourth-order valence-corrected chi connectivity index (χ4v) is 1.59. The highest BCUT2D eigenvalue weighted by atomic mass is 32.2. The van der Waals surface area contributed by atoms with Crippen molar-refractivity contribution >= 4 is 11.8 Å². The second-order valence-corrected chi connectivity index (χ2v) is 3.96. The minimum Gasteiger partial charge on any atom is -0.301 e. The van der Waals surface area contributed by atoms with Gasteiger partial charge in [0, 0.05) is 23.9 Å². The summed E-state index contributed by atoms with van der Waals surface area (Å²) in [5.41, 5.74) is -0.165. The zero-order chi connectivity index (χ0) is 9.68. The number of aromatic amines is 1. The third kappa shape index (κ3) is 3.30. The van der Waals surface area contributed by atoms with Crippen LogP contribution in [0.25, 0.3) is 0 Å². The number of H-pyrrole nitrogens is 1. The van der Waals surface area contributed by atoms with Gasteiger partial charge in [-0.05, 0) is 0 Å². The minimum atomic E-state index is -0.165. The van der Waals surface area contributed by atoms with Crippen LogP contribution in [-0.2, 0) is 0 Å². The summed E-state index contributed by atoms with van der Waals surface area (Å²) in [4.78, 5) is 17.4. The van der Waals surface area contributed by atoms with Crippen molar-refractivity contribution in [3.8, 4) is 6.07 Å². The molecule has 0 fully saturated rings. The lowest BCUT2D eigenvalue weighted by Crippen LogP contribution is -2.07. The highest BCUT2D eigenvalue weighted by molar-refractivity contribution is 7.99. The first kappa shape index (κ1) is 9.81. The number of aromatic nitrogens is 2. The molecule has 13 heavy (non-hydrogen) atoms. The molecule has 0 aliphatic carbocycles. The minimum absolute atomic E-state index is 0.149. The molecule has 0 aromatic carbocycles. The van der Waals surface area contributed by atoms with Crippen molar-refractivity contribution in [2.24, 2.45) is 0 Å². The smallest absolute Gasteiger partial charge is 0.251 e. The van der Waals surface area contributed by atoms with E-state index in [0.717, 1.165) is 0 Å². The Balaban J connectivity index is 2.65. The van der Waals surface area contributed by atoms with E-state index in [4.69, 9.17) is 5.26 Å². The lowest BCUT2D eigenvalue weighted by atomic mass is 10.4. The predicted octanol–water partition coefficient (Wildman–Crippen LogP) is 1.16. The normalized spacial score (nSPS) is 12.0. The molecule has 1 aromatic rings. The molecule has 0 saturated heterocycles. The van der Waals surface area contributed by atoms with Gasteiger partial charge < -0.3 is 4.98 Å². The maximum atomic E-state index is 10.9. The number of hydrogen-bond donors (Lipinski definition) is 1. The van der Waals surface area contributed by atoms with Crippen LogP contribution in [0.15, 0.2) is 22.2 Å². The summed E-state index contributed by atoms with van der Waals surface area (Å²) in [6.45, 7) is 1.92. The molecular formula is C8H9N3OS. The lowest BCUT2D eigenvalue weighted by Gasteiger charge is -2.03. The largest absolute Gasteiger partial charge is 0.301 e. The van der Waals surface area contributed by atoms with Crippen LogP contribution in [0.3, 0.4) is 0 Å². The monoisotopic (exact) mass is 195 g/mol. The molecule has 5 heteroatoms. The van der Waals surface area contributed by atoms with Crippen molar-refractivity contribution in [3.05, 3.63) is 22.6 Å². The molecule has 4 nitrogen and oxygen atoms in total. The number of nitriles is 1. The van der Waals surface area contributed by atoms with Crippen LogP contribution in [0.1, 0.15) is 13.3 Å². The van der Waals surface area contributed by atoms with E-state index in [9.17, 15) is 4.79 Å². The second-order valence-electron chi connectivity index (χ2n) is 2.53. The van der Waals surface area contributed by atoms with E-state index in [2.05, 4.69) is 16.0 Å². The van der Waals surface area contributed by atoms with Crippen molar-refractivity contribution in [2.75, 3.05) is 0 Å². The van der Waals surface area contributed by atoms with Gasteiger partial charge in [-0.3, -0.25) is 4.79 Å². The maximum Gasteiger partial charge on any atom is 0.251 e. The third-order valence-electron chi connectivity index (χ3n) is 1.34. The summed E-state index contributed by atoms with van der Waals surface area (Å²) in [6.07, 6.45) is 1.91. The second kappa shape index (κ2) is 4.67. The first-order chi connectivity index (χ1) is 6.22. The van der Waals surface area contributed by atoms with Crippen molar-refractivity contribution in [2.45, 2.75) is 23.8 Å². The summed E-state index contributed by atoms with van der Waals surface area (Å²) < 4.78 is 0. The van der Waals surface area contributed by atoms with Gasteiger partial charge in [-0.15, -0.1) is 0 Å². The standard InChI is InChI=1S/C8H9N3OS/c1-6(2-4-9)13-8-10-5-3-7(12)11-8/h3,5-6H,2H2,1H3,(H,10,11,12). The average molecular weight is 195 g/mol. The molecule has 1 heterocycles. The van der Waals surface area contributed by atoms with Crippen molar-refractivity contribution in [1.82, 2.24) is 9.97 Å². The predicted molar refractivity (Wildman–Crippen MR) is 50.4 cm³/mol. The van der Waals surface area contributed by atoms with E-state index in [0.29, 0.717) is 11.6 Å². The number of thioether (sulfide) groups is 1. The van der Waals surface area contributed by atoms with Gasteiger partial charge in [0.05, 0.1) is 6.07 Å². The number of rotatable bonds is 3. The van der Waals surface area contributed by atoms with Crippen LogP contribution in [-0.4, -0.2) is 15.2 Å². The highest BCUT2D eigenvalue weighted by Crippen LogP contribution is 2.19.